The molecule has 2 aromatic heterocycles. The number of amides is 4. The van der Waals surface area contributed by atoms with Gasteiger partial charge in [-0.05, 0) is 92.3 Å². The second-order valence-electron chi connectivity index (χ2n) is 16.5. The van der Waals surface area contributed by atoms with Gasteiger partial charge in [0.15, 0.2) is 0 Å². The number of carboxylic acid groups (broad SMARTS) is 1. The summed E-state index contributed by atoms with van der Waals surface area (Å²) in [6, 6.07) is 11.6. The van der Waals surface area contributed by atoms with Crippen molar-refractivity contribution < 1.29 is 43.2 Å². The van der Waals surface area contributed by atoms with Crippen LogP contribution in [0.4, 0.5) is 9.59 Å². The van der Waals surface area contributed by atoms with Crippen LogP contribution in [0.3, 0.4) is 0 Å². The number of aromatic nitrogens is 4. The first kappa shape index (κ1) is 41.5. The molecule has 0 saturated carbocycles. The Hall–Kier alpha value is -6.20. The van der Waals surface area contributed by atoms with Crippen molar-refractivity contribution in [1.82, 2.24) is 40.4 Å². The molecule has 8 rings (SSSR count). The monoisotopic (exact) mass is 836 g/mol. The van der Waals surface area contributed by atoms with Crippen LogP contribution in [-0.4, -0.2) is 117 Å². The standard InChI is InChI=1S/C44H52N8O9/c1-21-14-34(51(19-21)41(53)36(23(3)58-5)50-44(57)60-7)39-45-18-32(47-39)26-9-11-28-27(15-26)20-61-35-17-29-25(16-30(28)35)10-12-31-38(29)48-40(46-31)33-13-8-22(2)52(33)42(54)37(24(4)59-6)49-43(55)56/h9-12,15-18,21-24,33-34,36-37,49H,8,13-14,19-20H2,1-7H3,(H,45,47)(H,46,48)(H,50,57)(H,55,56)/t21?,22-,23+,24+,33-,34-,36-,37-/m0/s1. The van der Waals surface area contributed by atoms with Gasteiger partial charge in [0.1, 0.15) is 36.1 Å². The van der Waals surface area contributed by atoms with Crippen LogP contribution < -0.4 is 15.4 Å². The molecule has 17 nitrogen and oxygen atoms in total. The quantitative estimate of drug-likeness (QED) is 0.103. The first-order valence-corrected chi connectivity index (χ1v) is 20.6. The van der Waals surface area contributed by atoms with Crippen LogP contribution in [0, 0.1) is 5.92 Å². The highest BCUT2D eigenvalue weighted by molar-refractivity contribution is 6.07. The largest absolute Gasteiger partial charge is 0.488 e. The van der Waals surface area contributed by atoms with Gasteiger partial charge in [-0.1, -0.05) is 25.1 Å². The summed E-state index contributed by atoms with van der Waals surface area (Å²) < 4.78 is 22.0. The lowest BCUT2D eigenvalue weighted by Crippen LogP contribution is -2.55. The lowest BCUT2D eigenvalue weighted by molar-refractivity contribution is -0.139. The van der Waals surface area contributed by atoms with Crippen molar-refractivity contribution >= 4 is 45.8 Å². The highest BCUT2D eigenvalue weighted by Gasteiger charge is 2.43. The van der Waals surface area contributed by atoms with E-state index < -0.39 is 36.5 Å². The summed E-state index contributed by atoms with van der Waals surface area (Å²) >= 11 is 0. The number of hydrogen-bond acceptors (Lipinski definition) is 10. The summed E-state index contributed by atoms with van der Waals surface area (Å²) in [5, 5.41) is 16.4. The maximum Gasteiger partial charge on any atom is 0.407 e. The van der Waals surface area contributed by atoms with Gasteiger partial charge in [0, 0.05) is 37.8 Å². The molecule has 8 atom stereocenters. The molecule has 0 bridgehead atoms. The predicted octanol–water partition coefficient (Wildman–Crippen LogP) is 6.06. The fourth-order valence-corrected chi connectivity index (χ4v) is 9.15. The molecule has 3 aliphatic heterocycles. The molecule has 5 N–H and O–H groups in total. The Morgan fingerprint density at radius 3 is 2.36 bits per heavy atom. The van der Waals surface area contributed by atoms with Crippen LogP contribution in [0.5, 0.6) is 5.75 Å². The van der Waals surface area contributed by atoms with E-state index in [-0.39, 0.29) is 35.9 Å². The van der Waals surface area contributed by atoms with Gasteiger partial charge in [-0.15, -0.1) is 0 Å². The Kier molecular flexibility index (Phi) is 11.4. The minimum Gasteiger partial charge on any atom is -0.488 e. The Balaban J connectivity index is 1.05. The number of carbonyl (C=O) groups is 4. The lowest BCUT2D eigenvalue weighted by atomic mass is 9.92. The molecule has 0 spiro atoms. The topological polar surface area (TPSA) is 213 Å². The highest BCUT2D eigenvalue weighted by Crippen LogP contribution is 2.44. The van der Waals surface area contributed by atoms with Crippen molar-refractivity contribution in [2.24, 2.45) is 5.92 Å². The third-order valence-corrected chi connectivity index (χ3v) is 12.6. The number of nitrogens with one attached hydrogen (secondary N) is 4. The molecule has 5 aromatic rings. The van der Waals surface area contributed by atoms with E-state index in [1.165, 1.54) is 21.3 Å². The van der Waals surface area contributed by atoms with E-state index in [4.69, 9.17) is 28.9 Å². The second kappa shape index (κ2) is 16.7. The van der Waals surface area contributed by atoms with Crippen molar-refractivity contribution in [2.75, 3.05) is 27.9 Å². The number of fused-ring (bicyclic) bond motifs is 6. The normalized spacial score (nSPS) is 21.6. The average Bonchev–Trinajstić information content (AvgIpc) is 4.08. The van der Waals surface area contributed by atoms with E-state index >= 15 is 0 Å². The molecule has 5 heterocycles. The zero-order valence-electron chi connectivity index (χ0n) is 35.3. The minimum absolute atomic E-state index is 0.125. The van der Waals surface area contributed by atoms with Crippen molar-refractivity contribution in [3.63, 3.8) is 0 Å². The van der Waals surface area contributed by atoms with E-state index in [2.05, 4.69) is 51.8 Å². The van der Waals surface area contributed by atoms with Crippen LogP contribution >= 0.6 is 0 Å². The Morgan fingerprint density at radius 1 is 0.885 bits per heavy atom. The van der Waals surface area contributed by atoms with Gasteiger partial charge in [-0.25, -0.2) is 19.6 Å². The Labute approximate surface area is 352 Å². The second-order valence-corrected chi connectivity index (χ2v) is 16.5. The lowest BCUT2D eigenvalue weighted by Gasteiger charge is -2.33. The highest BCUT2D eigenvalue weighted by atomic mass is 16.5. The number of imidazole rings is 2. The number of likely N-dealkylation sites (tertiary alicyclic amines) is 2. The number of carbonyl (C=O) groups excluding carboxylic acids is 3. The third-order valence-electron chi connectivity index (χ3n) is 12.6. The van der Waals surface area contributed by atoms with Crippen molar-refractivity contribution in [2.45, 2.75) is 96.0 Å². The van der Waals surface area contributed by atoms with E-state index in [9.17, 15) is 24.3 Å². The van der Waals surface area contributed by atoms with Gasteiger partial charge >= 0.3 is 12.2 Å². The number of rotatable bonds is 11. The molecule has 2 saturated heterocycles. The summed E-state index contributed by atoms with van der Waals surface area (Å²) in [5.74, 6) is 1.63. The molecule has 17 heteroatoms. The summed E-state index contributed by atoms with van der Waals surface area (Å²) in [4.78, 5) is 71.7. The maximum absolute atomic E-state index is 13.9. The maximum atomic E-state index is 13.9. The zero-order valence-corrected chi connectivity index (χ0v) is 35.3. The molecular weight excluding hydrogens is 785 g/mol. The smallest absolute Gasteiger partial charge is 0.407 e. The molecule has 322 valence electrons. The van der Waals surface area contributed by atoms with Crippen LogP contribution in [0.25, 0.3) is 44.2 Å². The fourth-order valence-electron chi connectivity index (χ4n) is 9.15. The number of ether oxygens (including phenoxy) is 4. The molecule has 0 radical (unpaired) electrons. The Morgan fingerprint density at radius 2 is 1.64 bits per heavy atom. The van der Waals surface area contributed by atoms with Gasteiger partial charge in [0.2, 0.25) is 11.8 Å². The van der Waals surface area contributed by atoms with Crippen LogP contribution in [0.1, 0.15) is 76.3 Å². The third kappa shape index (κ3) is 7.71. The van der Waals surface area contributed by atoms with Gasteiger partial charge in [-0.2, -0.15) is 0 Å². The summed E-state index contributed by atoms with van der Waals surface area (Å²) in [6.45, 7) is 8.31. The minimum atomic E-state index is -1.29. The summed E-state index contributed by atoms with van der Waals surface area (Å²) in [5.41, 5.74) is 6.33. The van der Waals surface area contributed by atoms with Crippen molar-refractivity contribution in [3.05, 3.63) is 65.9 Å². The van der Waals surface area contributed by atoms with Crippen molar-refractivity contribution in [3.8, 4) is 28.1 Å². The number of hydrogen-bond donors (Lipinski definition) is 5. The van der Waals surface area contributed by atoms with E-state index in [0.717, 1.165) is 61.9 Å². The number of methoxy groups -OCH3 is 3. The number of aromatic amines is 2. The van der Waals surface area contributed by atoms with E-state index in [1.807, 2.05) is 25.1 Å². The molecule has 3 aromatic carbocycles. The van der Waals surface area contributed by atoms with Gasteiger partial charge in [-0.3, -0.25) is 9.59 Å². The first-order chi connectivity index (χ1) is 29.3. The fraction of sp³-hybridized carbons (Fsp3) is 0.455. The predicted molar refractivity (Wildman–Crippen MR) is 225 cm³/mol. The molecular formula is C44H52N8O9. The molecule has 1 unspecified atom stereocenters. The summed E-state index contributed by atoms with van der Waals surface area (Å²) in [6.07, 6.45) is 0.655. The van der Waals surface area contributed by atoms with Gasteiger partial charge in [0.05, 0.1) is 54.3 Å². The molecule has 3 aliphatic rings. The van der Waals surface area contributed by atoms with Crippen LogP contribution in [-0.2, 0) is 30.4 Å². The van der Waals surface area contributed by atoms with E-state index in [1.54, 1.807) is 29.8 Å². The first-order valence-electron chi connectivity index (χ1n) is 20.6. The van der Waals surface area contributed by atoms with Gasteiger partial charge < -0.3 is 54.5 Å². The summed E-state index contributed by atoms with van der Waals surface area (Å²) in [7, 11) is 4.20. The molecule has 61 heavy (non-hydrogen) atoms. The zero-order chi connectivity index (χ0) is 43.3. The van der Waals surface area contributed by atoms with Crippen LogP contribution in [0.15, 0.2) is 48.7 Å². The van der Waals surface area contributed by atoms with E-state index in [0.29, 0.717) is 37.6 Å². The number of H-pyrrole nitrogens is 2. The van der Waals surface area contributed by atoms with Gasteiger partial charge in [0.25, 0.3) is 0 Å². The molecule has 2 fully saturated rings. The van der Waals surface area contributed by atoms with Crippen LogP contribution in [0.2, 0.25) is 0 Å². The average molecular weight is 837 g/mol. The molecule has 0 aliphatic carbocycles. The SMILES string of the molecule is COC(=O)N[C@H](C(=O)N1CC(C)C[C@H]1c1ncc(-c2ccc3c(c2)COc2cc4c(ccc5[nH]c([C@@H]6CC[C@H](C)N6C(=O)[C@@H](NC(=O)O)[C@@H](C)OC)nc54)cc2-3)[nH]1)[C@@H](C)OC. The number of benzene rings is 3. The Bertz CT molecular complexity index is 2500. The number of nitrogens with zero attached hydrogens (tertiary/aromatic N) is 4. The molecule has 4 amide bonds. The number of alkyl carbamates (subject to hydrolysis) is 1. The van der Waals surface area contributed by atoms with Crippen molar-refractivity contribution in [1.29, 1.82) is 0 Å².